The molecule has 0 aliphatic carbocycles. The molecule has 1 fully saturated rings. The topological polar surface area (TPSA) is 65.1 Å². The van der Waals surface area contributed by atoms with Gasteiger partial charge in [-0.15, -0.1) is 0 Å². The highest BCUT2D eigenvalue weighted by atomic mass is 35.5. The van der Waals surface area contributed by atoms with Crippen LogP contribution in [-0.4, -0.2) is 49.9 Å². The van der Waals surface area contributed by atoms with Gasteiger partial charge in [0, 0.05) is 23.2 Å². The van der Waals surface area contributed by atoms with Crippen LogP contribution in [0.3, 0.4) is 0 Å². The molecule has 0 aromatic heterocycles. The number of halogens is 1. The fourth-order valence-corrected chi connectivity index (χ4v) is 4.53. The normalized spacial score (nSPS) is 27.8. The van der Waals surface area contributed by atoms with Crippen LogP contribution in [0.25, 0.3) is 0 Å². The van der Waals surface area contributed by atoms with Crippen LogP contribution in [0, 0.1) is 5.92 Å². The Hall–Kier alpha value is -2.05. The van der Waals surface area contributed by atoms with Gasteiger partial charge in [0.1, 0.15) is 5.92 Å². The minimum Gasteiger partial charge on any atom is -0.469 e. The summed E-state index contributed by atoms with van der Waals surface area (Å²) in [7, 11) is 2.68. The van der Waals surface area contributed by atoms with E-state index in [0.717, 1.165) is 17.7 Å². The molecule has 0 saturated carbocycles. The Kier molecular flexibility index (Phi) is 5.49. The van der Waals surface area contributed by atoms with Gasteiger partial charge in [0.2, 0.25) is 0 Å². The van der Waals surface area contributed by atoms with Crippen molar-refractivity contribution >= 4 is 23.5 Å². The summed E-state index contributed by atoms with van der Waals surface area (Å²) in [6, 6.07) is 7.16. The van der Waals surface area contributed by atoms with Crippen molar-refractivity contribution < 1.29 is 23.8 Å². The molecule has 0 radical (unpaired) electrons. The quantitative estimate of drug-likeness (QED) is 0.735. The molecule has 3 atom stereocenters. The lowest BCUT2D eigenvalue weighted by Gasteiger charge is -2.55. The molecule has 1 aromatic rings. The Morgan fingerprint density at radius 2 is 2.04 bits per heavy atom. The van der Waals surface area contributed by atoms with E-state index >= 15 is 0 Å². The number of ether oxygens (including phenoxy) is 3. The van der Waals surface area contributed by atoms with Gasteiger partial charge in [0.15, 0.2) is 5.72 Å². The molecule has 1 saturated heterocycles. The lowest BCUT2D eigenvalue weighted by atomic mass is 9.70. The van der Waals surface area contributed by atoms with Gasteiger partial charge in [0.05, 0.1) is 26.4 Å². The maximum Gasteiger partial charge on any atom is 0.336 e. The number of benzene rings is 1. The van der Waals surface area contributed by atoms with E-state index in [1.165, 1.54) is 14.2 Å². The largest absolute Gasteiger partial charge is 0.469 e. The fraction of sp³-hybridized carbons (Fsp3) is 0.500. The minimum atomic E-state index is -0.931. The second kappa shape index (κ2) is 7.52. The van der Waals surface area contributed by atoms with Crippen molar-refractivity contribution in [3.63, 3.8) is 0 Å². The van der Waals surface area contributed by atoms with Crippen molar-refractivity contribution in [1.82, 2.24) is 4.90 Å². The highest BCUT2D eigenvalue weighted by molar-refractivity contribution is 6.30. The van der Waals surface area contributed by atoms with Crippen LogP contribution < -0.4 is 0 Å². The van der Waals surface area contributed by atoms with Gasteiger partial charge in [-0.2, -0.15) is 0 Å². The smallest absolute Gasteiger partial charge is 0.336 e. The summed E-state index contributed by atoms with van der Waals surface area (Å²) in [6.07, 6.45) is 0.803. The Balaban J connectivity index is 2.29. The summed E-state index contributed by atoms with van der Waals surface area (Å²) in [6.45, 7) is 4.95. The van der Waals surface area contributed by atoms with Gasteiger partial charge in [-0.1, -0.05) is 23.7 Å². The van der Waals surface area contributed by atoms with Crippen LogP contribution >= 0.6 is 11.6 Å². The first kappa shape index (κ1) is 19.7. The van der Waals surface area contributed by atoms with Crippen molar-refractivity contribution in [3.8, 4) is 0 Å². The van der Waals surface area contributed by atoms with Gasteiger partial charge in [-0.25, -0.2) is 4.79 Å². The second-order valence-electron chi connectivity index (χ2n) is 6.93. The summed E-state index contributed by atoms with van der Waals surface area (Å²) >= 11 is 6.20. The number of carbonyl (C=O) groups is 2. The van der Waals surface area contributed by atoms with Crippen molar-refractivity contribution in [3.05, 3.63) is 46.1 Å². The Labute approximate surface area is 164 Å². The zero-order valence-corrected chi connectivity index (χ0v) is 16.7. The number of fused-ring (bicyclic) bond motifs is 1. The van der Waals surface area contributed by atoms with E-state index in [1.54, 1.807) is 18.2 Å². The average Bonchev–Trinajstić information content (AvgIpc) is 2.66. The molecule has 2 aliphatic heterocycles. The average molecular weight is 394 g/mol. The van der Waals surface area contributed by atoms with Crippen LogP contribution in [-0.2, 0) is 23.8 Å². The Bertz CT molecular complexity index is 792. The number of hydrogen-bond donors (Lipinski definition) is 0. The molecule has 1 aromatic carbocycles. The molecule has 2 heterocycles. The van der Waals surface area contributed by atoms with E-state index in [9.17, 15) is 9.59 Å². The van der Waals surface area contributed by atoms with Gasteiger partial charge < -0.3 is 19.1 Å². The molecule has 0 bridgehead atoms. The predicted octanol–water partition coefficient (Wildman–Crippen LogP) is 3.11. The van der Waals surface area contributed by atoms with Crippen LogP contribution in [0.15, 0.2) is 35.5 Å². The highest BCUT2D eigenvalue weighted by Gasteiger charge is 2.57. The first-order chi connectivity index (χ1) is 12.8. The Morgan fingerprint density at radius 1 is 1.30 bits per heavy atom. The number of allylic oxidation sites excluding steroid dienone is 1. The van der Waals surface area contributed by atoms with Gasteiger partial charge >= 0.3 is 11.9 Å². The summed E-state index contributed by atoms with van der Waals surface area (Å²) < 4.78 is 16.3. The first-order valence-corrected chi connectivity index (χ1v) is 9.27. The van der Waals surface area contributed by atoms with Gasteiger partial charge in [-0.05, 0) is 38.0 Å². The molecule has 3 rings (SSSR count). The van der Waals surface area contributed by atoms with E-state index in [1.807, 2.05) is 24.8 Å². The number of nitrogens with zero attached hydrogens (tertiary/aromatic N) is 1. The molecule has 146 valence electrons. The van der Waals surface area contributed by atoms with Crippen LogP contribution in [0.4, 0.5) is 0 Å². The second-order valence-corrected chi connectivity index (χ2v) is 7.37. The third-order valence-corrected chi connectivity index (χ3v) is 5.78. The predicted molar refractivity (Wildman–Crippen MR) is 100 cm³/mol. The number of esters is 2. The van der Waals surface area contributed by atoms with E-state index < -0.39 is 29.5 Å². The third-order valence-electron chi connectivity index (χ3n) is 5.54. The van der Waals surface area contributed by atoms with Crippen LogP contribution in [0.5, 0.6) is 0 Å². The van der Waals surface area contributed by atoms with Crippen LogP contribution in [0.1, 0.15) is 31.7 Å². The molecule has 2 aliphatic rings. The monoisotopic (exact) mass is 393 g/mol. The highest BCUT2D eigenvalue weighted by Crippen LogP contribution is 2.50. The third kappa shape index (κ3) is 3.21. The molecule has 0 spiro atoms. The number of methoxy groups -OCH3 is 2. The van der Waals surface area contributed by atoms with E-state index in [-0.39, 0.29) is 0 Å². The number of rotatable bonds is 3. The molecule has 6 nitrogen and oxygen atoms in total. The minimum absolute atomic E-state index is 0.429. The first-order valence-electron chi connectivity index (χ1n) is 8.89. The van der Waals surface area contributed by atoms with Gasteiger partial charge in [0.25, 0.3) is 0 Å². The zero-order valence-electron chi connectivity index (χ0n) is 16.0. The zero-order chi connectivity index (χ0) is 19.8. The van der Waals surface area contributed by atoms with Crippen molar-refractivity contribution in [2.45, 2.75) is 31.9 Å². The molecular formula is C20H24ClNO5. The van der Waals surface area contributed by atoms with E-state index in [4.69, 9.17) is 25.8 Å². The summed E-state index contributed by atoms with van der Waals surface area (Å²) in [5.41, 5.74) is 0.986. The molecule has 0 amide bonds. The molecule has 7 heteroatoms. The van der Waals surface area contributed by atoms with Gasteiger partial charge in [-0.3, -0.25) is 4.79 Å². The summed E-state index contributed by atoms with van der Waals surface area (Å²) in [5, 5.41) is 0.523. The van der Waals surface area contributed by atoms with Crippen molar-refractivity contribution in [1.29, 1.82) is 0 Å². The van der Waals surface area contributed by atoms with E-state index in [0.29, 0.717) is 23.7 Å². The maximum absolute atomic E-state index is 12.9. The number of carbonyl (C=O) groups excluding carboxylic acids is 2. The van der Waals surface area contributed by atoms with Crippen LogP contribution in [0.2, 0.25) is 5.02 Å². The molecule has 27 heavy (non-hydrogen) atoms. The van der Waals surface area contributed by atoms with Crippen molar-refractivity contribution in [2.24, 2.45) is 5.92 Å². The molecular weight excluding hydrogens is 370 g/mol. The maximum atomic E-state index is 12.9. The van der Waals surface area contributed by atoms with Crippen molar-refractivity contribution in [2.75, 3.05) is 27.4 Å². The summed E-state index contributed by atoms with van der Waals surface area (Å²) in [5.74, 6) is -2.26. The fourth-order valence-electron chi connectivity index (χ4n) is 4.33. The summed E-state index contributed by atoms with van der Waals surface area (Å²) in [4.78, 5) is 27.6. The lowest BCUT2D eigenvalue weighted by Crippen LogP contribution is -2.63. The Morgan fingerprint density at radius 3 is 2.67 bits per heavy atom. The standard InChI is InChI=1S/C20H24ClNO5/c1-12-15(18(23)25-3)16(13-7-5-8-14(21)11-13)17(19(24)26-4)20(2)22(12)9-6-10-27-20/h5,7-8,11,16-17H,6,9-10H2,1-4H3. The SMILES string of the molecule is COC(=O)C1=C(C)N2CCCOC2(C)C(C(=O)OC)C1c1cccc(Cl)c1. The number of hydrogen-bond acceptors (Lipinski definition) is 6. The molecule has 0 N–H and O–H groups in total. The molecule has 3 unspecified atom stereocenters. The lowest BCUT2D eigenvalue weighted by molar-refractivity contribution is -0.213. The van der Waals surface area contributed by atoms with E-state index in [2.05, 4.69) is 0 Å².